The molecule has 0 radical (unpaired) electrons. The van der Waals surface area contributed by atoms with Gasteiger partial charge < -0.3 is 4.74 Å². The fraction of sp³-hybridized carbons (Fsp3) is 0.333. The van der Waals surface area contributed by atoms with Gasteiger partial charge in [0.05, 0.1) is 11.0 Å². The number of hydrogen-bond acceptors (Lipinski definition) is 3. The summed E-state index contributed by atoms with van der Waals surface area (Å²) in [5, 5.41) is 10.6. The molecular formula is C12H15NO3. The number of nitrogens with zero attached hydrogens (tertiary/aromatic N) is 1. The summed E-state index contributed by atoms with van der Waals surface area (Å²) in [6.45, 7) is 6.12. The van der Waals surface area contributed by atoms with E-state index in [4.69, 9.17) is 4.74 Å². The van der Waals surface area contributed by atoms with E-state index in [9.17, 15) is 10.1 Å². The van der Waals surface area contributed by atoms with Crippen molar-refractivity contribution >= 4 is 5.69 Å². The zero-order valence-corrected chi connectivity index (χ0v) is 9.26. The average molecular weight is 221 g/mol. The molecule has 0 saturated heterocycles. The lowest BCUT2D eigenvalue weighted by Crippen LogP contribution is -2.03. The van der Waals surface area contributed by atoms with Gasteiger partial charge in [0.1, 0.15) is 0 Å². The molecule has 0 unspecified atom stereocenters. The van der Waals surface area contributed by atoms with Gasteiger partial charge in [-0.25, -0.2) is 0 Å². The first-order valence-corrected chi connectivity index (χ1v) is 5.16. The van der Waals surface area contributed by atoms with Crippen LogP contribution in [0.5, 0.6) is 0 Å². The zero-order chi connectivity index (χ0) is 12.0. The normalized spacial score (nSPS) is 12.1. The number of benzene rings is 1. The maximum atomic E-state index is 10.6. The van der Waals surface area contributed by atoms with Crippen LogP contribution in [-0.2, 0) is 4.74 Å². The molecule has 0 amide bonds. The van der Waals surface area contributed by atoms with Crippen molar-refractivity contribution < 1.29 is 9.66 Å². The minimum absolute atomic E-state index is 0.0891. The molecule has 0 aliphatic heterocycles. The fourth-order valence-electron chi connectivity index (χ4n) is 1.49. The van der Waals surface area contributed by atoms with Gasteiger partial charge in [-0.1, -0.05) is 18.2 Å². The van der Waals surface area contributed by atoms with Gasteiger partial charge in [0, 0.05) is 18.7 Å². The molecule has 4 nitrogen and oxygen atoms in total. The van der Waals surface area contributed by atoms with Gasteiger partial charge in [0.25, 0.3) is 5.69 Å². The Bertz CT molecular complexity index is 376. The predicted octanol–water partition coefficient (Wildman–Crippen LogP) is 3.25. The van der Waals surface area contributed by atoms with Crippen molar-refractivity contribution in [3.05, 3.63) is 52.6 Å². The minimum atomic E-state index is -0.402. The third kappa shape index (κ3) is 3.17. The summed E-state index contributed by atoms with van der Waals surface area (Å²) in [6.07, 6.45) is 2.25. The topological polar surface area (TPSA) is 52.4 Å². The lowest BCUT2D eigenvalue weighted by atomic mass is 10.1. The van der Waals surface area contributed by atoms with Crippen LogP contribution < -0.4 is 0 Å². The lowest BCUT2D eigenvalue weighted by Gasteiger charge is -2.15. The van der Waals surface area contributed by atoms with Crippen LogP contribution in [0, 0.1) is 10.1 Å². The van der Waals surface area contributed by atoms with Crippen molar-refractivity contribution in [3.8, 4) is 0 Å². The molecule has 1 aromatic rings. The van der Waals surface area contributed by atoms with Crippen LogP contribution in [0.25, 0.3) is 0 Å². The third-order valence-electron chi connectivity index (χ3n) is 2.20. The minimum Gasteiger partial charge on any atom is -0.373 e. The first kappa shape index (κ1) is 12.4. The molecule has 1 aromatic carbocycles. The molecule has 0 heterocycles. The zero-order valence-electron chi connectivity index (χ0n) is 9.26. The molecule has 0 fully saturated rings. The Morgan fingerprint density at radius 3 is 2.94 bits per heavy atom. The molecule has 0 N–H and O–H groups in total. The molecule has 0 aliphatic carbocycles. The lowest BCUT2D eigenvalue weighted by molar-refractivity contribution is -0.385. The van der Waals surface area contributed by atoms with E-state index in [1.54, 1.807) is 18.2 Å². The highest BCUT2D eigenvalue weighted by Crippen LogP contribution is 2.24. The van der Waals surface area contributed by atoms with Crippen LogP contribution in [0.15, 0.2) is 36.9 Å². The molecule has 86 valence electrons. The quantitative estimate of drug-likeness (QED) is 0.421. The van der Waals surface area contributed by atoms with E-state index < -0.39 is 4.92 Å². The smallest absolute Gasteiger partial charge is 0.269 e. The van der Waals surface area contributed by atoms with Crippen LogP contribution in [-0.4, -0.2) is 11.5 Å². The van der Waals surface area contributed by atoms with Crippen LogP contribution in [0.2, 0.25) is 0 Å². The van der Waals surface area contributed by atoms with E-state index in [1.165, 1.54) is 6.07 Å². The average Bonchev–Trinajstić information content (AvgIpc) is 2.29. The summed E-state index contributed by atoms with van der Waals surface area (Å²) in [5.41, 5.74) is 0.905. The second kappa shape index (κ2) is 6.02. The summed E-state index contributed by atoms with van der Waals surface area (Å²) < 4.78 is 5.51. The molecule has 4 heteroatoms. The summed E-state index contributed by atoms with van der Waals surface area (Å²) in [7, 11) is 0. The number of hydrogen-bond donors (Lipinski definition) is 0. The molecule has 16 heavy (non-hydrogen) atoms. The van der Waals surface area contributed by atoms with Gasteiger partial charge in [-0.3, -0.25) is 10.1 Å². The molecule has 0 aliphatic rings. The van der Waals surface area contributed by atoms with E-state index in [-0.39, 0.29) is 11.8 Å². The number of non-ortho nitro benzene ring substituents is 1. The van der Waals surface area contributed by atoms with Crippen LogP contribution >= 0.6 is 0 Å². The summed E-state index contributed by atoms with van der Waals surface area (Å²) in [5.74, 6) is 0. The first-order chi connectivity index (χ1) is 7.69. The Balaban J connectivity index is 2.94. The largest absolute Gasteiger partial charge is 0.373 e. The van der Waals surface area contributed by atoms with Crippen molar-refractivity contribution in [1.29, 1.82) is 0 Å². The van der Waals surface area contributed by atoms with E-state index in [0.29, 0.717) is 13.0 Å². The number of nitro groups is 1. The van der Waals surface area contributed by atoms with Crippen LogP contribution in [0.3, 0.4) is 0 Å². The van der Waals surface area contributed by atoms with Crippen molar-refractivity contribution in [2.75, 3.05) is 6.61 Å². The fourth-order valence-corrected chi connectivity index (χ4v) is 1.49. The van der Waals surface area contributed by atoms with E-state index in [2.05, 4.69) is 6.58 Å². The van der Waals surface area contributed by atoms with Crippen molar-refractivity contribution in [3.63, 3.8) is 0 Å². The predicted molar refractivity (Wildman–Crippen MR) is 62.3 cm³/mol. The first-order valence-electron chi connectivity index (χ1n) is 5.16. The third-order valence-corrected chi connectivity index (χ3v) is 2.20. The highest BCUT2D eigenvalue weighted by atomic mass is 16.6. The van der Waals surface area contributed by atoms with Gasteiger partial charge in [-0.15, -0.1) is 6.58 Å². The molecule has 0 spiro atoms. The number of rotatable bonds is 6. The van der Waals surface area contributed by atoms with Crippen molar-refractivity contribution in [2.24, 2.45) is 0 Å². The molecule has 1 rings (SSSR count). The van der Waals surface area contributed by atoms with Gasteiger partial charge in [-0.05, 0) is 18.9 Å². The number of nitro benzene ring substituents is 1. The van der Waals surface area contributed by atoms with Gasteiger partial charge in [0.2, 0.25) is 0 Å². The standard InChI is InChI=1S/C12H15NO3/c1-3-6-12(16-4-2)10-7-5-8-11(9-10)13(14)15/h3,5,7-9,12H,1,4,6H2,2H3/t12-/m0/s1. The van der Waals surface area contributed by atoms with E-state index in [1.807, 2.05) is 13.0 Å². The molecule has 0 bridgehead atoms. The Morgan fingerprint density at radius 1 is 1.62 bits per heavy atom. The Morgan fingerprint density at radius 2 is 2.38 bits per heavy atom. The second-order valence-electron chi connectivity index (χ2n) is 3.32. The van der Waals surface area contributed by atoms with Crippen LogP contribution in [0.4, 0.5) is 5.69 Å². The van der Waals surface area contributed by atoms with Crippen LogP contribution in [0.1, 0.15) is 25.0 Å². The van der Waals surface area contributed by atoms with Crippen molar-refractivity contribution in [2.45, 2.75) is 19.4 Å². The summed E-state index contributed by atoms with van der Waals surface area (Å²) in [6, 6.07) is 6.52. The second-order valence-corrected chi connectivity index (χ2v) is 3.32. The van der Waals surface area contributed by atoms with E-state index in [0.717, 1.165) is 5.56 Å². The van der Waals surface area contributed by atoms with Gasteiger partial charge in [0.15, 0.2) is 0 Å². The monoisotopic (exact) mass is 221 g/mol. The van der Waals surface area contributed by atoms with Gasteiger partial charge >= 0.3 is 0 Å². The molecule has 0 saturated carbocycles. The Hall–Kier alpha value is -1.68. The van der Waals surface area contributed by atoms with Crippen molar-refractivity contribution in [1.82, 2.24) is 0 Å². The summed E-state index contributed by atoms with van der Waals surface area (Å²) >= 11 is 0. The molecule has 1 atom stereocenters. The highest BCUT2D eigenvalue weighted by Gasteiger charge is 2.13. The Labute approximate surface area is 94.7 Å². The van der Waals surface area contributed by atoms with Gasteiger partial charge in [-0.2, -0.15) is 0 Å². The maximum absolute atomic E-state index is 10.6. The number of ether oxygens (including phenoxy) is 1. The highest BCUT2D eigenvalue weighted by molar-refractivity contribution is 5.35. The Kier molecular flexibility index (Phi) is 4.66. The summed E-state index contributed by atoms with van der Waals surface area (Å²) in [4.78, 5) is 10.2. The maximum Gasteiger partial charge on any atom is 0.269 e. The van der Waals surface area contributed by atoms with E-state index >= 15 is 0 Å². The SMILES string of the molecule is C=CC[C@H](OCC)c1cccc([N+](=O)[O-])c1. The molecular weight excluding hydrogens is 206 g/mol. The molecule has 0 aromatic heterocycles.